The Bertz CT molecular complexity index is 1380. The van der Waals surface area contributed by atoms with Gasteiger partial charge in [-0.15, -0.1) is 0 Å². The van der Waals surface area contributed by atoms with Gasteiger partial charge in [0, 0.05) is 24.7 Å². The standard InChI is InChI=1S/C29H29N3O4/c1-4-36-24-18-21(12-15-23(24)33)27-25-26(20-10-13-22(35-3)14-11-20)30-31(2)28(25)29(34)32(27)17-16-19-8-6-5-7-9-19/h5-15,18,27,33H,4,16-17H2,1-3H3/t27-/m0/s1. The van der Waals surface area contributed by atoms with Gasteiger partial charge in [-0.3, -0.25) is 9.48 Å². The van der Waals surface area contributed by atoms with Gasteiger partial charge < -0.3 is 19.5 Å². The summed E-state index contributed by atoms with van der Waals surface area (Å²) in [6.45, 7) is 2.83. The first-order chi connectivity index (χ1) is 17.5. The van der Waals surface area contributed by atoms with Crippen LogP contribution >= 0.6 is 0 Å². The summed E-state index contributed by atoms with van der Waals surface area (Å²) >= 11 is 0. The zero-order chi connectivity index (χ0) is 25.2. The molecule has 3 aromatic carbocycles. The molecule has 0 unspecified atom stereocenters. The van der Waals surface area contributed by atoms with Crippen molar-refractivity contribution in [3.05, 3.63) is 95.2 Å². The second-order valence-electron chi connectivity index (χ2n) is 8.76. The Morgan fingerprint density at radius 1 is 1.03 bits per heavy atom. The maximum Gasteiger partial charge on any atom is 0.273 e. The highest BCUT2D eigenvalue weighted by Crippen LogP contribution is 2.45. The average molecular weight is 484 g/mol. The predicted octanol–water partition coefficient (Wildman–Crippen LogP) is 4.99. The monoisotopic (exact) mass is 483 g/mol. The zero-order valence-corrected chi connectivity index (χ0v) is 20.6. The maximum atomic E-state index is 13.8. The van der Waals surface area contributed by atoms with Crippen molar-refractivity contribution in [3.8, 4) is 28.5 Å². The Balaban J connectivity index is 1.63. The van der Waals surface area contributed by atoms with Crippen LogP contribution < -0.4 is 9.47 Å². The van der Waals surface area contributed by atoms with Crippen LogP contribution in [0.15, 0.2) is 72.8 Å². The van der Waals surface area contributed by atoms with E-state index >= 15 is 0 Å². The predicted molar refractivity (Wildman–Crippen MR) is 137 cm³/mol. The molecule has 1 aliphatic rings. The molecule has 36 heavy (non-hydrogen) atoms. The lowest BCUT2D eigenvalue weighted by atomic mass is 9.95. The molecule has 2 heterocycles. The third-order valence-electron chi connectivity index (χ3n) is 6.58. The van der Waals surface area contributed by atoms with E-state index in [1.165, 1.54) is 0 Å². The Labute approximate surface area is 210 Å². The molecule has 0 radical (unpaired) electrons. The first kappa shape index (κ1) is 23.5. The first-order valence-corrected chi connectivity index (χ1v) is 12.0. The molecule has 184 valence electrons. The number of aryl methyl sites for hydroxylation is 1. The van der Waals surface area contributed by atoms with Gasteiger partial charge in [-0.05, 0) is 60.9 Å². The van der Waals surface area contributed by atoms with Gasteiger partial charge >= 0.3 is 0 Å². The Morgan fingerprint density at radius 3 is 2.47 bits per heavy atom. The zero-order valence-electron chi connectivity index (χ0n) is 20.6. The van der Waals surface area contributed by atoms with E-state index in [0.717, 1.165) is 40.1 Å². The van der Waals surface area contributed by atoms with Gasteiger partial charge in [0.1, 0.15) is 11.4 Å². The number of nitrogens with zero attached hydrogens (tertiary/aromatic N) is 3. The van der Waals surface area contributed by atoms with Gasteiger partial charge in [-0.2, -0.15) is 5.10 Å². The summed E-state index contributed by atoms with van der Waals surface area (Å²) in [7, 11) is 3.44. The van der Waals surface area contributed by atoms with Crippen LogP contribution in [0, 0.1) is 0 Å². The number of aromatic hydroxyl groups is 1. The van der Waals surface area contributed by atoms with Gasteiger partial charge in [-0.25, -0.2) is 0 Å². The minimum absolute atomic E-state index is 0.0632. The summed E-state index contributed by atoms with van der Waals surface area (Å²) in [5, 5.41) is 15.1. The Morgan fingerprint density at radius 2 is 1.78 bits per heavy atom. The number of methoxy groups -OCH3 is 1. The van der Waals surface area contributed by atoms with Crippen molar-refractivity contribution in [2.24, 2.45) is 7.05 Å². The fourth-order valence-corrected chi connectivity index (χ4v) is 4.87. The fraction of sp³-hybridized carbons (Fsp3) is 0.241. The molecule has 0 aliphatic carbocycles. The van der Waals surface area contributed by atoms with Crippen molar-refractivity contribution < 1.29 is 19.4 Å². The van der Waals surface area contributed by atoms with Crippen LogP contribution in [0.4, 0.5) is 0 Å². The first-order valence-electron chi connectivity index (χ1n) is 12.0. The molecular formula is C29H29N3O4. The summed E-state index contributed by atoms with van der Waals surface area (Å²) < 4.78 is 12.7. The quantitative estimate of drug-likeness (QED) is 0.382. The van der Waals surface area contributed by atoms with Crippen LogP contribution in [0.1, 0.15) is 40.1 Å². The largest absolute Gasteiger partial charge is 0.504 e. The van der Waals surface area contributed by atoms with Crippen molar-refractivity contribution in [2.45, 2.75) is 19.4 Å². The SMILES string of the molecule is CCOc1cc([C@H]2c3c(-c4ccc(OC)cc4)nn(C)c3C(=O)N2CCc2ccccc2)ccc1O. The normalized spacial score (nSPS) is 14.7. The molecule has 0 saturated carbocycles. The molecule has 0 bridgehead atoms. The van der Waals surface area contributed by atoms with Crippen LogP contribution in [0.2, 0.25) is 0 Å². The number of carbonyl (C=O) groups is 1. The number of rotatable bonds is 8. The van der Waals surface area contributed by atoms with E-state index in [2.05, 4.69) is 12.1 Å². The van der Waals surface area contributed by atoms with Crippen LogP contribution in [0.5, 0.6) is 17.2 Å². The second kappa shape index (κ2) is 9.77. The van der Waals surface area contributed by atoms with E-state index in [9.17, 15) is 9.90 Å². The molecule has 0 fully saturated rings. The summed E-state index contributed by atoms with van der Waals surface area (Å²) in [5.74, 6) is 1.16. The molecule has 1 aliphatic heterocycles. The third-order valence-corrected chi connectivity index (χ3v) is 6.58. The van der Waals surface area contributed by atoms with Crippen LogP contribution in [0.25, 0.3) is 11.3 Å². The molecule has 7 heteroatoms. The highest BCUT2D eigenvalue weighted by Gasteiger charge is 2.43. The number of aromatic nitrogens is 2. The number of phenols is 1. The number of fused-ring (bicyclic) bond motifs is 1. The van der Waals surface area contributed by atoms with Gasteiger partial charge in [0.25, 0.3) is 5.91 Å². The Hall–Kier alpha value is -4.26. The third kappa shape index (κ3) is 4.17. The minimum atomic E-state index is -0.373. The molecule has 0 saturated heterocycles. The molecule has 1 aromatic heterocycles. The number of amides is 1. The van der Waals surface area contributed by atoms with Gasteiger partial charge in [-0.1, -0.05) is 36.4 Å². The van der Waals surface area contributed by atoms with Crippen molar-refractivity contribution in [1.29, 1.82) is 0 Å². The minimum Gasteiger partial charge on any atom is -0.504 e. The maximum absolute atomic E-state index is 13.8. The summed E-state index contributed by atoms with van der Waals surface area (Å²) in [5.41, 5.74) is 5.10. The van der Waals surface area contributed by atoms with Gasteiger partial charge in [0.05, 0.1) is 25.5 Å². The van der Waals surface area contributed by atoms with Gasteiger partial charge in [0.2, 0.25) is 0 Å². The van der Waals surface area contributed by atoms with Crippen LogP contribution in [-0.2, 0) is 13.5 Å². The fourth-order valence-electron chi connectivity index (χ4n) is 4.87. The van der Waals surface area contributed by atoms with E-state index in [-0.39, 0.29) is 17.7 Å². The molecule has 1 N–H and O–H groups in total. The lowest BCUT2D eigenvalue weighted by molar-refractivity contribution is 0.0741. The van der Waals surface area contributed by atoms with Crippen molar-refractivity contribution in [2.75, 3.05) is 20.3 Å². The average Bonchev–Trinajstić information content (AvgIpc) is 3.39. The molecule has 1 atom stereocenters. The van der Waals surface area contributed by atoms with Crippen LogP contribution in [0.3, 0.4) is 0 Å². The molecule has 0 spiro atoms. The topological polar surface area (TPSA) is 76.8 Å². The van der Waals surface area contributed by atoms with Gasteiger partial charge in [0.15, 0.2) is 11.5 Å². The highest BCUT2D eigenvalue weighted by atomic mass is 16.5. The Kier molecular flexibility index (Phi) is 6.38. The lowest BCUT2D eigenvalue weighted by Crippen LogP contribution is -2.32. The number of hydrogen-bond donors (Lipinski definition) is 1. The number of hydrogen-bond acceptors (Lipinski definition) is 5. The smallest absolute Gasteiger partial charge is 0.273 e. The summed E-state index contributed by atoms with van der Waals surface area (Å²) in [4.78, 5) is 15.7. The summed E-state index contributed by atoms with van der Waals surface area (Å²) in [6.07, 6.45) is 0.721. The van der Waals surface area contributed by atoms with E-state index in [0.29, 0.717) is 24.6 Å². The number of phenolic OH excluding ortho intramolecular Hbond substituents is 1. The molecular weight excluding hydrogens is 454 g/mol. The molecule has 7 nitrogen and oxygen atoms in total. The molecule has 5 rings (SSSR count). The number of benzene rings is 3. The molecule has 1 amide bonds. The van der Waals surface area contributed by atoms with Crippen molar-refractivity contribution in [1.82, 2.24) is 14.7 Å². The number of ether oxygens (including phenoxy) is 2. The van der Waals surface area contributed by atoms with E-state index in [1.807, 2.05) is 73.5 Å². The van der Waals surface area contributed by atoms with Crippen molar-refractivity contribution in [3.63, 3.8) is 0 Å². The van der Waals surface area contributed by atoms with Crippen LogP contribution in [-0.4, -0.2) is 46.0 Å². The van der Waals surface area contributed by atoms with Crippen molar-refractivity contribution >= 4 is 5.91 Å². The van der Waals surface area contributed by atoms with E-state index in [1.54, 1.807) is 17.9 Å². The van der Waals surface area contributed by atoms with E-state index in [4.69, 9.17) is 14.6 Å². The summed E-state index contributed by atoms with van der Waals surface area (Å²) in [6, 6.07) is 22.8. The molecule has 4 aromatic rings. The van der Waals surface area contributed by atoms with E-state index < -0.39 is 0 Å². The lowest BCUT2D eigenvalue weighted by Gasteiger charge is -2.27. The number of carbonyl (C=O) groups excluding carboxylic acids is 1. The highest BCUT2D eigenvalue weighted by molar-refractivity contribution is 6.00. The second-order valence-corrected chi connectivity index (χ2v) is 8.76.